The Morgan fingerprint density at radius 2 is 1.58 bits per heavy atom. The van der Waals surface area contributed by atoms with Crippen LogP contribution in [-0.2, 0) is 23.1 Å². The number of thiophene rings is 2. The lowest BCUT2D eigenvalue weighted by Crippen LogP contribution is -2.30. The molecule has 0 aliphatic heterocycles. The average Bonchev–Trinajstić information content (AvgIpc) is 3.22. The van der Waals surface area contributed by atoms with Crippen molar-refractivity contribution in [1.29, 1.82) is 0 Å². The molecule has 3 rings (SSSR count). The Hall–Kier alpha value is -1.25. The standard InChI is InChI=1S/C16H13ClFNO2S3/c17-15-6-5-12(18)9-16(15)24(20,21)19(10-13-3-1-7-22-13)11-14-4-2-8-23-14/h1-9H,10-11H2. The summed E-state index contributed by atoms with van der Waals surface area (Å²) in [5.74, 6) is -0.634. The van der Waals surface area contributed by atoms with Gasteiger partial charge in [0.05, 0.1) is 5.02 Å². The highest BCUT2D eigenvalue weighted by atomic mass is 35.5. The third-order valence-corrected chi connectivity index (χ3v) is 7.33. The molecule has 2 aromatic heterocycles. The lowest BCUT2D eigenvalue weighted by Gasteiger charge is -2.21. The highest BCUT2D eigenvalue weighted by Crippen LogP contribution is 2.29. The van der Waals surface area contributed by atoms with E-state index in [4.69, 9.17) is 11.6 Å². The fourth-order valence-corrected chi connectivity index (χ4v) is 5.68. The Labute approximate surface area is 153 Å². The minimum atomic E-state index is -3.93. The van der Waals surface area contributed by atoms with Crippen LogP contribution in [0.25, 0.3) is 0 Å². The first-order valence-electron chi connectivity index (χ1n) is 6.97. The average molecular weight is 402 g/mol. The number of nitrogens with zero attached hydrogens (tertiary/aromatic N) is 1. The monoisotopic (exact) mass is 401 g/mol. The maximum atomic E-state index is 13.6. The van der Waals surface area contributed by atoms with Crippen LogP contribution < -0.4 is 0 Å². The second kappa shape index (κ2) is 7.33. The quantitative estimate of drug-likeness (QED) is 0.583. The fraction of sp³-hybridized carbons (Fsp3) is 0.125. The Bertz CT molecular complexity index is 873. The molecule has 126 valence electrons. The maximum absolute atomic E-state index is 13.6. The fourth-order valence-electron chi connectivity index (χ4n) is 2.19. The minimum Gasteiger partial charge on any atom is -0.207 e. The van der Waals surface area contributed by atoms with E-state index in [1.165, 1.54) is 33.0 Å². The van der Waals surface area contributed by atoms with Crippen LogP contribution in [0.3, 0.4) is 0 Å². The molecule has 0 radical (unpaired) electrons. The van der Waals surface area contributed by atoms with Crippen molar-refractivity contribution in [2.24, 2.45) is 0 Å². The Kier molecular flexibility index (Phi) is 5.36. The topological polar surface area (TPSA) is 37.4 Å². The molecule has 3 aromatic rings. The van der Waals surface area contributed by atoms with Crippen molar-refractivity contribution < 1.29 is 12.8 Å². The van der Waals surface area contributed by atoms with Gasteiger partial charge >= 0.3 is 0 Å². The third-order valence-electron chi connectivity index (χ3n) is 3.34. The zero-order valence-corrected chi connectivity index (χ0v) is 15.6. The van der Waals surface area contributed by atoms with Crippen molar-refractivity contribution in [3.05, 3.63) is 73.8 Å². The van der Waals surface area contributed by atoms with Gasteiger partial charge in [-0.15, -0.1) is 22.7 Å². The Morgan fingerprint density at radius 3 is 2.08 bits per heavy atom. The maximum Gasteiger partial charge on any atom is 0.245 e. The van der Waals surface area contributed by atoms with Crippen molar-refractivity contribution in [3.8, 4) is 0 Å². The number of hydrogen-bond donors (Lipinski definition) is 0. The van der Waals surface area contributed by atoms with E-state index >= 15 is 0 Å². The second-order valence-corrected chi connectivity index (χ2v) is 9.38. The molecule has 24 heavy (non-hydrogen) atoms. The van der Waals surface area contributed by atoms with E-state index < -0.39 is 15.8 Å². The normalized spacial score (nSPS) is 12.0. The first-order valence-corrected chi connectivity index (χ1v) is 10.5. The number of sulfonamides is 1. The summed E-state index contributed by atoms with van der Waals surface area (Å²) in [6.45, 7) is 0.426. The predicted octanol–water partition coefficient (Wildman–Crippen LogP) is 4.99. The first-order chi connectivity index (χ1) is 11.5. The van der Waals surface area contributed by atoms with Crippen molar-refractivity contribution in [2.45, 2.75) is 18.0 Å². The molecule has 0 fully saturated rings. The molecule has 0 amide bonds. The molecule has 8 heteroatoms. The molecular weight excluding hydrogens is 389 g/mol. The molecule has 0 saturated heterocycles. The van der Waals surface area contributed by atoms with Gasteiger partial charge in [0, 0.05) is 22.8 Å². The van der Waals surface area contributed by atoms with Crippen LogP contribution in [0, 0.1) is 5.82 Å². The summed E-state index contributed by atoms with van der Waals surface area (Å²) in [6, 6.07) is 10.8. The van der Waals surface area contributed by atoms with Crippen molar-refractivity contribution in [1.82, 2.24) is 4.31 Å². The molecule has 0 N–H and O–H groups in total. The SMILES string of the molecule is O=S(=O)(c1cc(F)ccc1Cl)N(Cc1cccs1)Cc1cccs1. The van der Waals surface area contributed by atoms with Crippen LogP contribution >= 0.6 is 34.3 Å². The van der Waals surface area contributed by atoms with E-state index in [1.54, 1.807) is 0 Å². The molecule has 2 heterocycles. The molecular formula is C16H13ClFNO2S3. The summed E-state index contributed by atoms with van der Waals surface area (Å²) >= 11 is 8.97. The summed E-state index contributed by atoms with van der Waals surface area (Å²) in [5.41, 5.74) is 0. The van der Waals surface area contributed by atoms with Gasteiger partial charge in [0.2, 0.25) is 10.0 Å². The van der Waals surface area contributed by atoms with Crippen LogP contribution in [0.15, 0.2) is 58.1 Å². The zero-order valence-electron chi connectivity index (χ0n) is 12.4. The van der Waals surface area contributed by atoms with Gasteiger partial charge in [-0.2, -0.15) is 4.31 Å². The van der Waals surface area contributed by atoms with E-state index in [2.05, 4.69) is 0 Å². The van der Waals surface area contributed by atoms with Crippen molar-refractivity contribution in [2.75, 3.05) is 0 Å². The summed E-state index contributed by atoms with van der Waals surface area (Å²) < 4.78 is 41.0. The predicted molar refractivity (Wildman–Crippen MR) is 96.5 cm³/mol. The number of hydrogen-bond acceptors (Lipinski definition) is 4. The summed E-state index contributed by atoms with van der Waals surface area (Å²) in [7, 11) is -3.93. The van der Waals surface area contributed by atoms with Gasteiger partial charge < -0.3 is 0 Å². The largest absolute Gasteiger partial charge is 0.245 e. The number of rotatable bonds is 6. The molecule has 0 spiro atoms. The molecule has 0 aliphatic rings. The van der Waals surface area contributed by atoms with Crippen LogP contribution in [0.1, 0.15) is 9.75 Å². The molecule has 3 nitrogen and oxygen atoms in total. The third kappa shape index (κ3) is 3.87. The minimum absolute atomic E-state index is 0.0127. The van der Waals surface area contributed by atoms with E-state index in [1.807, 2.05) is 35.0 Å². The van der Waals surface area contributed by atoms with Crippen LogP contribution in [0.2, 0.25) is 5.02 Å². The molecule has 0 unspecified atom stereocenters. The highest BCUT2D eigenvalue weighted by Gasteiger charge is 2.28. The van der Waals surface area contributed by atoms with E-state index in [-0.39, 0.29) is 23.0 Å². The Morgan fingerprint density at radius 1 is 1.00 bits per heavy atom. The van der Waals surface area contributed by atoms with Crippen LogP contribution in [0.4, 0.5) is 4.39 Å². The smallest absolute Gasteiger partial charge is 0.207 e. The lowest BCUT2D eigenvalue weighted by molar-refractivity contribution is 0.406. The van der Waals surface area contributed by atoms with Crippen LogP contribution in [0.5, 0.6) is 0 Å². The van der Waals surface area contributed by atoms with Crippen LogP contribution in [-0.4, -0.2) is 12.7 Å². The highest BCUT2D eigenvalue weighted by molar-refractivity contribution is 7.89. The number of benzene rings is 1. The van der Waals surface area contributed by atoms with E-state index in [0.29, 0.717) is 0 Å². The Balaban J connectivity index is 2.00. The van der Waals surface area contributed by atoms with Gasteiger partial charge in [0.25, 0.3) is 0 Å². The van der Waals surface area contributed by atoms with Gasteiger partial charge in [-0.1, -0.05) is 23.7 Å². The van der Waals surface area contributed by atoms with Crippen molar-refractivity contribution in [3.63, 3.8) is 0 Å². The van der Waals surface area contributed by atoms with E-state index in [0.717, 1.165) is 21.9 Å². The van der Waals surface area contributed by atoms with E-state index in [9.17, 15) is 12.8 Å². The van der Waals surface area contributed by atoms with Gasteiger partial charge in [-0.05, 0) is 41.1 Å². The van der Waals surface area contributed by atoms with Gasteiger partial charge in [0.1, 0.15) is 10.7 Å². The molecule has 0 aliphatic carbocycles. The van der Waals surface area contributed by atoms with Crippen molar-refractivity contribution >= 4 is 44.3 Å². The summed E-state index contributed by atoms with van der Waals surface area (Å²) in [5, 5.41) is 3.79. The summed E-state index contributed by atoms with van der Waals surface area (Å²) in [4.78, 5) is 1.60. The first kappa shape index (κ1) is 17.6. The van der Waals surface area contributed by atoms with Gasteiger partial charge in [-0.25, -0.2) is 12.8 Å². The molecule has 0 bridgehead atoms. The molecule has 0 atom stereocenters. The van der Waals surface area contributed by atoms with Gasteiger partial charge in [-0.3, -0.25) is 0 Å². The van der Waals surface area contributed by atoms with Gasteiger partial charge in [0.15, 0.2) is 0 Å². The second-order valence-electron chi connectivity index (χ2n) is 5.01. The zero-order chi connectivity index (χ0) is 17.2. The summed E-state index contributed by atoms with van der Waals surface area (Å²) in [6.07, 6.45) is 0. The molecule has 0 saturated carbocycles. The molecule has 1 aromatic carbocycles. The lowest BCUT2D eigenvalue weighted by atomic mass is 10.3. The number of halogens is 2.